The second-order valence-corrected chi connectivity index (χ2v) is 4.76. The van der Waals surface area contributed by atoms with Crippen molar-refractivity contribution in [3.63, 3.8) is 0 Å². The number of oxime groups is 1. The zero-order valence-electron chi connectivity index (χ0n) is 12.1. The van der Waals surface area contributed by atoms with Crippen molar-refractivity contribution in [1.29, 1.82) is 0 Å². The molecule has 0 aliphatic carbocycles. The maximum atomic E-state index is 12.8. The van der Waals surface area contributed by atoms with Crippen LogP contribution in [0.15, 0.2) is 53.7 Å². The minimum Gasteiger partial charge on any atom is -0.391 e. The van der Waals surface area contributed by atoms with E-state index in [1.54, 1.807) is 6.07 Å². The number of benzene rings is 2. The van der Waals surface area contributed by atoms with Crippen LogP contribution in [0.25, 0.3) is 0 Å². The van der Waals surface area contributed by atoms with Gasteiger partial charge >= 0.3 is 6.18 Å². The third-order valence-corrected chi connectivity index (χ3v) is 3.18. The van der Waals surface area contributed by atoms with E-state index in [0.717, 1.165) is 23.6 Å². The molecule has 2 rings (SSSR count). The first-order valence-corrected chi connectivity index (χ1v) is 6.90. The molecular formula is C17H16F3NO. The van der Waals surface area contributed by atoms with Gasteiger partial charge in [-0.05, 0) is 23.6 Å². The lowest BCUT2D eigenvalue weighted by atomic mass is 10.1. The SMILES string of the molecule is CCc1cccc(C=NOCc2ccccc2C(F)(F)F)c1. The van der Waals surface area contributed by atoms with Crippen LogP contribution in [0.2, 0.25) is 0 Å². The lowest BCUT2D eigenvalue weighted by Crippen LogP contribution is -2.09. The van der Waals surface area contributed by atoms with Crippen LogP contribution in [0.1, 0.15) is 29.2 Å². The minimum atomic E-state index is -4.39. The number of halogens is 3. The molecule has 2 aromatic rings. The molecule has 0 fully saturated rings. The molecule has 0 saturated heterocycles. The fourth-order valence-electron chi connectivity index (χ4n) is 2.02. The molecule has 5 heteroatoms. The molecule has 0 aliphatic rings. The van der Waals surface area contributed by atoms with Crippen LogP contribution >= 0.6 is 0 Å². The van der Waals surface area contributed by atoms with E-state index >= 15 is 0 Å². The molecule has 0 bridgehead atoms. The van der Waals surface area contributed by atoms with Gasteiger partial charge in [0.15, 0.2) is 0 Å². The molecule has 0 atom stereocenters. The molecule has 0 N–H and O–H groups in total. The Morgan fingerprint density at radius 1 is 1.09 bits per heavy atom. The van der Waals surface area contributed by atoms with Gasteiger partial charge in [0.1, 0.15) is 6.61 Å². The van der Waals surface area contributed by atoms with Crippen molar-refractivity contribution in [2.45, 2.75) is 26.1 Å². The summed E-state index contributed by atoms with van der Waals surface area (Å²) in [5.41, 5.74) is 1.38. The smallest absolute Gasteiger partial charge is 0.391 e. The zero-order valence-corrected chi connectivity index (χ0v) is 12.1. The van der Waals surface area contributed by atoms with Crippen LogP contribution in [0.3, 0.4) is 0 Å². The Morgan fingerprint density at radius 2 is 1.86 bits per heavy atom. The van der Waals surface area contributed by atoms with E-state index in [2.05, 4.69) is 5.16 Å². The first-order valence-electron chi connectivity index (χ1n) is 6.90. The Kier molecular flexibility index (Phi) is 5.20. The lowest BCUT2D eigenvalue weighted by molar-refractivity contribution is -0.138. The molecule has 2 nitrogen and oxygen atoms in total. The minimum absolute atomic E-state index is 0.0643. The summed E-state index contributed by atoms with van der Waals surface area (Å²) in [7, 11) is 0. The highest BCUT2D eigenvalue weighted by atomic mass is 19.4. The van der Waals surface area contributed by atoms with Crippen molar-refractivity contribution >= 4 is 6.21 Å². The van der Waals surface area contributed by atoms with Crippen LogP contribution in [0.5, 0.6) is 0 Å². The fraction of sp³-hybridized carbons (Fsp3) is 0.235. The van der Waals surface area contributed by atoms with E-state index in [-0.39, 0.29) is 12.2 Å². The number of alkyl halides is 3. The third kappa shape index (κ3) is 4.35. The van der Waals surface area contributed by atoms with Crippen LogP contribution in [0, 0.1) is 0 Å². The summed E-state index contributed by atoms with van der Waals surface area (Å²) in [4.78, 5) is 5.00. The molecule has 0 amide bonds. The van der Waals surface area contributed by atoms with Crippen molar-refractivity contribution in [2.24, 2.45) is 5.16 Å². The van der Waals surface area contributed by atoms with Crippen LogP contribution in [-0.2, 0) is 24.0 Å². The Hall–Kier alpha value is -2.30. The molecule has 0 unspecified atom stereocenters. The Morgan fingerprint density at radius 3 is 2.59 bits per heavy atom. The van der Waals surface area contributed by atoms with Gasteiger partial charge in [0.2, 0.25) is 0 Å². The second-order valence-electron chi connectivity index (χ2n) is 4.76. The van der Waals surface area contributed by atoms with Crippen molar-refractivity contribution in [2.75, 3.05) is 0 Å². The van der Waals surface area contributed by atoms with Gasteiger partial charge in [-0.2, -0.15) is 13.2 Å². The number of nitrogens with zero attached hydrogens (tertiary/aromatic N) is 1. The van der Waals surface area contributed by atoms with Crippen LogP contribution in [0.4, 0.5) is 13.2 Å². The predicted molar refractivity (Wildman–Crippen MR) is 79.6 cm³/mol. The topological polar surface area (TPSA) is 21.6 Å². The van der Waals surface area contributed by atoms with Crippen molar-refractivity contribution < 1.29 is 18.0 Å². The summed E-state index contributed by atoms with van der Waals surface area (Å²) in [6.45, 7) is 1.82. The maximum absolute atomic E-state index is 12.8. The summed E-state index contributed by atoms with van der Waals surface area (Å²) in [5.74, 6) is 0. The summed E-state index contributed by atoms with van der Waals surface area (Å²) in [6.07, 6.45) is -1.99. The molecule has 0 saturated carbocycles. The van der Waals surface area contributed by atoms with Gasteiger partial charge in [-0.1, -0.05) is 54.5 Å². The highest BCUT2D eigenvalue weighted by Gasteiger charge is 2.32. The van der Waals surface area contributed by atoms with E-state index in [1.807, 2.05) is 31.2 Å². The van der Waals surface area contributed by atoms with Gasteiger partial charge < -0.3 is 4.84 Å². The number of hydrogen-bond donors (Lipinski definition) is 0. The number of hydrogen-bond acceptors (Lipinski definition) is 2. The van der Waals surface area contributed by atoms with Gasteiger partial charge in [-0.25, -0.2) is 0 Å². The third-order valence-electron chi connectivity index (χ3n) is 3.18. The Balaban J connectivity index is 2.01. The van der Waals surface area contributed by atoms with E-state index in [9.17, 15) is 13.2 Å². The summed E-state index contributed by atoms with van der Waals surface area (Å²) < 4.78 is 38.4. The van der Waals surface area contributed by atoms with Gasteiger partial charge in [0, 0.05) is 5.56 Å². The molecule has 0 aliphatic heterocycles. The molecular weight excluding hydrogens is 291 g/mol. The Labute approximate surface area is 127 Å². The van der Waals surface area contributed by atoms with Crippen molar-refractivity contribution in [3.8, 4) is 0 Å². The average molecular weight is 307 g/mol. The van der Waals surface area contributed by atoms with Crippen molar-refractivity contribution in [3.05, 3.63) is 70.8 Å². The highest BCUT2D eigenvalue weighted by molar-refractivity contribution is 5.79. The van der Waals surface area contributed by atoms with Crippen LogP contribution < -0.4 is 0 Å². The molecule has 0 radical (unpaired) electrons. The monoisotopic (exact) mass is 307 g/mol. The molecule has 0 spiro atoms. The molecule has 0 heterocycles. The quantitative estimate of drug-likeness (QED) is 0.573. The largest absolute Gasteiger partial charge is 0.416 e. The van der Waals surface area contributed by atoms with Gasteiger partial charge in [-0.15, -0.1) is 0 Å². The highest BCUT2D eigenvalue weighted by Crippen LogP contribution is 2.32. The van der Waals surface area contributed by atoms with E-state index in [1.165, 1.54) is 18.3 Å². The summed E-state index contributed by atoms with van der Waals surface area (Å²) >= 11 is 0. The van der Waals surface area contributed by atoms with E-state index in [4.69, 9.17) is 4.84 Å². The van der Waals surface area contributed by atoms with Gasteiger partial charge in [0.25, 0.3) is 0 Å². The average Bonchev–Trinajstić information content (AvgIpc) is 2.51. The van der Waals surface area contributed by atoms with E-state index < -0.39 is 11.7 Å². The Bertz CT molecular complexity index is 650. The number of aryl methyl sites for hydroxylation is 1. The standard InChI is InChI=1S/C17H16F3NO/c1-2-13-6-5-7-14(10-13)11-21-22-12-15-8-3-4-9-16(15)17(18,19)20/h3-11H,2,12H2,1H3. The first-order chi connectivity index (χ1) is 10.5. The zero-order chi connectivity index (χ0) is 16.0. The lowest BCUT2D eigenvalue weighted by Gasteiger charge is -2.11. The van der Waals surface area contributed by atoms with Crippen LogP contribution in [-0.4, -0.2) is 6.21 Å². The first kappa shape index (κ1) is 16.1. The fourth-order valence-corrected chi connectivity index (χ4v) is 2.02. The summed E-state index contributed by atoms with van der Waals surface area (Å²) in [6, 6.07) is 13.0. The normalized spacial score (nSPS) is 11.8. The predicted octanol–water partition coefficient (Wildman–Crippen LogP) is 4.82. The van der Waals surface area contributed by atoms with E-state index in [0.29, 0.717) is 0 Å². The van der Waals surface area contributed by atoms with Crippen molar-refractivity contribution in [1.82, 2.24) is 0 Å². The summed E-state index contributed by atoms with van der Waals surface area (Å²) in [5, 5.41) is 3.74. The molecule has 2 aromatic carbocycles. The molecule has 22 heavy (non-hydrogen) atoms. The maximum Gasteiger partial charge on any atom is 0.416 e. The molecule has 116 valence electrons. The van der Waals surface area contributed by atoms with Gasteiger partial charge in [0.05, 0.1) is 11.8 Å². The van der Waals surface area contributed by atoms with Gasteiger partial charge in [-0.3, -0.25) is 0 Å². The molecule has 0 aromatic heterocycles. The second kappa shape index (κ2) is 7.11. The number of rotatable bonds is 5.